The van der Waals surface area contributed by atoms with Gasteiger partial charge in [0.25, 0.3) is 0 Å². The van der Waals surface area contributed by atoms with E-state index in [1.54, 1.807) is 11.3 Å². The van der Waals surface area contributed by atoms with Crippen molar-refractivity contribution in [3.05, 3.63) is 164 Å². The highest BCUT2D eigenvalue weighted by Crippen LogP contribution is 2.47. The summed E-state index contributed by atoms with van der Waals surface area (Å²) < 4.78 is 9.05. The minimum absolute atomic E-state index is 0.652. The smallest absolute Gasteiger partial charge is 0.165 e. The fourth-order valence-electron chi connectivity index (χ4n) is 7.08. The van der Waals surface area contributed by atoms with Crippen molar-refractivity contribution in [1.29, 1.82) is 0 Å². The Morgan fingerprint density at radius 3 is 1.66 bits per heavy atom. The first kappa shape index (κ1) is 28.6. The second kappa shape index (κ2) is 11.6. The molecule has 50 heavy (non-hydrogen) atoms. The van der Waals surface area contributed by atoms with Crippen molar-refractivity contribution in [2.75, 3.05) is 0 Å². The first-order valence-corrected chi connectivity index (χ1v) is 17.4. The van der Waals surface area contributed by atoms with Gasteiger partial charge < -0.3 is 4.42 Å². The van der Waals surface area contributed by atoms with Gasteiger partial charge in [0, 0.05) is 53.2 Å². The number of benzene rings is 7. The Kier molecular flexibility index (Phi) is 6.64. The number of hydrogen-bond acceptors (Lipinski definition) is 5. The van der Waals surface area contributed by atoms with Crippen molar-refractivity contribution < 1.29 is 4.42 Å². The lowest BCUT2D eigenvalue weighted by Gasteiger charge is -2.10. The number of hydrogen-bond donors (Lipinski definition) is 0. The fourth-order valence-corrected chi connectivity index (χ4v) is 8.31. The number of nitrogens with zero attached hydrogens (tertiary/aromatic N) is 3. The molecular weight excluding hydrogens is 631 g/mol. The van der Waals surface area contributed by atoms with Gasteiger partial charge in [-0.2, -0.15) is 0 Å². The van der Waals surface area contributed by atoms with E-state index in [0.29, 0.717) is 17.5 Å². The first-order chi connectivity index (χ1) is 24.8. The minimum atomic E-state index is 0.652. The second-order valence-electron chi connectivity index (χ2n) is 12.3. The fraction of sp³-hybridized carbons (Fsp3) is 0. The third kappa shape index (κ3) is 4.63. The lowest BCUT2D eigenvalue weighted by atomic mass is 9.93. The number of rotatable bonds is 5. The van der Waals surface area contributed by atoms with Gasteiger partial charge in [0.2, 0.25) is 0 Å². The lowest BCUT2D eigenvalue weighted by molar-refractivity contribution is 0.670. The SMILES string of the molecule is c1ccc(-c2nc(-c3ccccc3)nc(-c3cccc4c3sc3cccc(-c5ccc(-c6ccccc6)c6c5oc5ccccc56)c34)n2)cc1. The van der Waals surface area contributed by atoms with Gasteiger partial charge in [-0.25, -0.2) is 15.0 Å². The molecule has 0 atom stereocenters. The minimum Gasteiger partial charge on any atom is -0.455 e. The number of fused-ring (bicyclic) bond motifs is 6. The van der Waals surface area contributed by atoms with E-state index in [4.69, 9.17) is 19.4 Å². The molecule has 0 bridgehead atoms. The molecule has 3 aromatic heterocycles. The van der Waals surface area contributed by atoms with Crippen LogP contribution in [0.1, 0.15) is 0 Å². The molecular formula is C45H27N3OS. The molecule has 4 nitrogen and oxygen atoms in total. The normalized spacial score (nSPS) is 11.6. The van der Waals surface area contributed by atoms with Crippen LogP contribution in [0.2, 0.25) is 0 Å². The molecule has 3 heterocycles. The van der Waals surface area contributed by atoms with Gasteiger partial charge in [0.05, 0.1) is 0 Å². The molecule has 0 aliphatic carbocycles. The maximum Gasteiger partial charge on any atom is 0.165 e. The van der Waals surface area contributed by atoms with Crippen molar-refractivity contribution >= 4 is 53.4 Å². The molecule has 10 aromatic rings. The van der Waals surface area contributed by atoms with E-state index in [1.165, 1.54) is 15.6 Å². The van der Waals surface area contributed by atoms with Crippen LogP contribution in [-0.2, 0) is 0 Å². The van der Waals surface area contributed by atoms with Crippen LogP contribution in [0.3, 0.4) is 0 Å². The predicted molar refractivity (Wildman–Crippen MR) is 207 cm³/mol. The third-order valence-corrected chi connectivity index (χ3v) is 10.6. The van der Waals surface area contributed by atoms with Crippen molar-refractivity contribution in [3.63, 3.8) is 0 Å². The quantitative estimate of drug-likeness (QED) is 0.185. The van der Waals surface area contributed by atoms with E-state index in [1.807, 2.05) is 66.7 Å². The molecule has 0 radical (unpaired) electrons. The van der Waals surface area contributed by atoms with Gasteiger partial charge in [-0.05, 0) is 41.0 Å². The Hall–Kier alpha value is -6.43. The van der Waals surface area contributed by atoms with Gasteiger partial charge >= 0.3 is 0 Å². The Bertz CT molecular complexity index is 2800. The van der Waals surface area contributed by atoms with E-state index in [2.05, 4.69) is 97.1 Å². The molecule has 0 saturated heterocycles. The van der Waals surface area contributed by atoms with E-state index < -0.39 is 0 Å². The summed E-state index contributed by atoms with van der Waals surface area (Å²) in [6.45, 7) is 0. The number of furan rings is 1. The van der Waals surface area contributed by atoms with Crippen molar-refractivity contribution in [1.82, 2.24) is 15.0 Å². The van der Waals surface area contributed by atoms with Gasteiger partial charge in [-0.15, -0.1) is 11.3 Å². The summed E-state index contributed by atoms with van der Waals surface area (Å²) in [6, 6.07) is 56.6. The lowest BCUT2D eigenvalue weighted by Crippen LogP contribution is -2.00. The van der Waals surface area contributed by atoms with Crippen LogP contribution < -0.4 is 0 Å². The van der Waals surface area contributed by atoms with E-state index >= 15 is 0 Å². The zero-order valence-electron chi connectivity index (χ0n) is 26.7. The highest BCUT2D eigenvalue weighted by atomic mass is 32.1. The summed E-state index contributed by atoms with van der Waals surface area (Å²) in [4.78, 5) is 15.1. The largest absolute Gasteiger partial charge is 0.455 e. The Morgan fingerprint density at radius 2 is 0.940 bits per heavy atom. The van der Waals surface area contributed by atoms with Crippen molar-refractivity contribution in [2.24, 2.45) is 0 Å². The molecule has 0 amide bonds. The summed E-state index contributed by atoms with van der Waals surface area (Å²) >= 11 is 1.77. The van der Waals surface area contributed by atoms with Crippen molar-refractivity contribution in [2.45, 2.75) is 0 Å². The molecule has 0 fully saturated rings. The van der Waals surface area contributed by atoms with Gasteiger partial charge in [0.15, 0.2) is 17.5 Å². The first-order valence-electron chi connectivity index (χ1n) is 16.6. The number of aromatic nitrogens is 3. The summed E-state index contributed by atoms with van der Waals surface area (Å²) in [5.41, 5.74) is 9.21. The van der Waals surface area contributed by atoms with Crippen LogP contribution in [-0.4, -0.2) is 15.0 Å². The molecule has 0 aliphatic rings. The van der Waals surface area contributed by atoms with Gasteiger partial charge in [0.1, 0.15) is 11.2 Å². The van der Waals surface area contributed by atoms with Crippen LogP contribution in [0, 0.1) is 0 Å². The Morgan fingerprint density at radius 1 is 0.380 bits per heavy atom. The van der Waals surface area contributed by atoms with Crippen molar-refractivity contribution in [3.8, 4) is 56.4 Å². The molecule has 10 rings (SSSR count). The van der Waals surface area contributed by atoms with Crippen LogP contribution in [0.15, 0.2) is 168 Å². The maximum atomic E-state index is 6.72. The molecule has 234 valence electrons. The van der Waals surface area contributed by atoms with Gasteiger partial charge in [-0.3, -0.25) is 0 Å². The molecule has 0 N–H and O–H groups in total. The van der Waals surface area contributed by atoms with Crippen LogP contribution in [0.5, 0.6) is 0 Å². The molecule has 0 aliphatic heterocycles. The predicted octanol–water partition coefficient (Wildman–Crippen LogP) is 12.5. The van der Waals surface area contributed by atoms with Crippen LogP contribution in [0.25, 0.3) is 98.5 Å². The average molecular weight is 658 g/mol. The molecule has 0 saturated carbocycles. The van der Waals surface area contributed by atoms with Gasteiger partial charge in [-0.1, -0.05) is 140 Å². The van der Waals surface area contributed by atoms with E-state index in [0.717, 1.165) is 65.4 Å². The summed E-state index contributed by atoms with van der Waals surface area (Å²) in [7, 11) is 0. The molecule has 0 unspecified atom stereocenters. The molecule has 0 spiro atoms. The number of para-hydroxylation sites is 1. The standard InChI is InChI=1S/C45H27N3OS/c1-4-14-28(15-5-1)31-26-27-33(41-40(31)34-20-10-11-24-37(34)49-41)32-21-13-25-38-39(32)35-22-12-23-36(42(35)50-38)45-47-43(29-16-6-2-7-17-29)46-44(48-45)30-18-8-3-9-19-30/h1-27H. The van der Waals surface area contributed by atoms with E-state index in [9.17, 15) is 0 Å². The van der Waals surface area contributed by atoms with Crippen LogP contribution >= 0.6 is 11.3 Å². The highest BCUT2D eigenvalue weighted by Gasteiger charge is 2.21. The van der Waals surface area contributed by atoms with Crippen LogP contribution in [0.4, 0.5) is 0 Å². The monoisotopic (exact) mass is 657 g/mol. The molecule has 7 aromatic carbocycles. The highest BCUT2D eigenvalue weighted by molar-refractivity contribution is 7.26. The topological polar surface area (TPSA) is 51.8 Å². The zero-order valence-corrected chi connectivity index (χ0v) is 27.6. The third-order valence-electron chi connectivity index (χ3n) is 9.36. The van der Waals surface area contributed by atoms with E-state index in [-0.39, 0.29) is 0 Å². The number of thiophene rings is 1. The zero-order chi connectivity index (χ0) is 33.0. The molecule has 5 heteroatoms. The Balaban J connectivity index is 1.22. The average Bonchev–Trinajstić information content (AvgIpc) is 3.78. The summed E-state index contributed by atoms with van der Waals surface area (Å²) in [5, 5.41) is 4.61. The second-order valence-corrected chi connectivity index (χ2v) is 13.4. The maximum absolute atomic E-state index is 6.72. The summed E-state index contributed by atoms with van der Waals surface area (Å²) in [5.74, 6) is 1.96. The Labute approximate surface area is 292 Å². The summed E-state index contributed by atoms with van der Waals surface area (Å²) in [6.07, 6.45) is 0.